The molecule has 0 radical (unpaired) electrons. The molecule has 4 N–H and O–H groups in total. The molecule has 2 amide bonds. The van der Waals surface area contributed by atoms with Gasteiger partial charge in [-0.1, -0.05) is 18.2 Å². The van der Waals surface area contributed by atoms with Crippen LogP contribution in [0.15, 0.2) is 24.3 Å². The third-order valence-electron chi connectivity index (χ3n) is 2.63. The van der Waals surface area contributed by atoms with Crippen LogP contribution in [0, 0.1) is 0 Å². The first-order valence-corrected chi connectivity index (χ1v) is 6.06. The Morgan fingerprint density at radius 3 is 2.65 bits per heavy atom. The van der Waals surface area contributed by atoms with Gasteiger partial charge in [0.1, 0.15) is 0 Å². The van der Waals surface area contributed by atoms with Crippen LogP contribution in [-0.4, -0.2) is 48.6 Å². The van der Waals surface area contributed by atoms with Gasteiger partial charge >= 0.3 is 12.0 Å². The summed E-state index contributed by atoms with van der Waals surface area (Å²) < 4.78 is 4.98. The van der Waals surface area contributed by atoms with E-state index in [1.54, 1.807) is 19.2 Å². The third kappa shape index (κ3) is 4.87. The van der Waals surface area contributed by atoms with Crippen LogP contribution in [0.25, 0.3) is 0 Å². The van der Waals surface area contributed by atoms with Crippen LogP contribution in [0.5, 0.6) is 0 Å². The van der Waals surface area contributed by atoms with Crippen LogP contribution in [0.4, 0.5) is 10.5 Å². The number of aliphatic carboxylic acids is 1. The summed E-state index contributed by atoms with van der Waals surface area (Å²) in [7, 11) is 1.58. The zero-order valence-electron chi connectivity index (χ0n) is 11.1. The highest BCUT2D eigenvalue weighted by molar-refractivity contribution is 5.92. The van der Waals surface area contributed by atoms with Gasteiger partial charge in [0.25, 0.3) is 0 Å². The second kappa shape index (κ2) is 8.13. The number of carbonyl (C=O) groups excluding carboxylic acids is 1. The van der Waals surface area contributed by atoms with E-state index in [4.69, 9.17) is 14.9 Å². The number of ether oxygens (including phenoxy) is 1. The van der Waals surface area contributed by atoms with E-state index in [2.05, 4.69) is 10.6 Å². The Kier molecular flexibility index (Phi) is 6.48. The quantitative estimate of drug-likeness (QED) is 0.580. The van der Waals surface area contributed by atoms with Crippen LogP contribution in [0.3, 0.4) is 0 Å². The van der Waals surface area contributed by atoms with Crippen molar-refractivity contribution in [1.29, 1.82) is 0 Å². The number of nitrogens with one attached hydrogen (secondary N) is 2. The summed E-state index contributed by atoms with van der Waals surface area (Å²) in [6.45, 7) is -0.164. The van der Waals surface area contributed by atoms with Crippen molar-refractivity contribution in [1.82, 2.24) is 5.32 Å². The van der Waals surface area contributed by atoms with E-state index in [0.717, 1.165) is 5.56 Å². The van der Waals surface area contributed by atoms with Gasteiger partial charge in [0.05, 0.1) is 13.2 Å². The minimum absolute atomic E-state index is 0.509. The van der Waals surface area contributed by atoms with E-state index in [1.165, 1.54) is 0 Å². The Morgan fingerprint density at radius 1 is 1.35 bits per heavy atom. The molecule has 0 unspecified atom stereocenters. The van der Waals surface area contributed by atoms with Crippen LogP contribution in [0.2, 0.25) is 0 Å². The minimum Gasteiger partial charge on any atom is -0.480 e. The van der Waals surface area contributed by atoms with Gasteiger partial charge in [-0.25, -0.2) is 9.59 Å². The number of rotatable bonds is 7. The number of carboxylic acid groups (broad SMARTS) is 1. The largest absolute Gasteiger partial charge is 0.480 e. The molecule has 0 aromatic heterocycles. The number of para-hydroxylation sites is 1. The number of aliphatic hydroxyl groups is 1. The number of carboxylic acids is 1. The lowest BCUT2D eigenvalue weighted by molar-refractivity contribution is -0.140. The molecule has 1 aromatic rings. The number of benzene rings is 1. The molecule has 0 saturated carbocycles. The zero-order chi connectivity index (χ0) is 15.0. The van der Waals surface area contributed by atoms with Gasteiger partial charge in [-0.2, -0.15) is 0 Å². The number of carbonyl (C=O) groups is 2. The predicted octanol–water partition coefficient (Wildman–Crippen LogP) is 0.443. The Labute approximate surface area is 116 Å². The number of aliphatic hydroxyl groups excluding tert-OH is 1. The molecule has 1 atom stereocenters. The highest BCUT2D eigenvalue weighted by atomic mass is 16.5. The predicted molar refractivity (Wildman–Crippen MR) is 72.7 cm³/mol. The molecular formula is C13H18N2O5. The van der Waals surface area contributed by atoms with E-state index >= 15 is 0 Å². The van der Waals surface area contributed by atoms with Crippen molar-refractivity contribution in [3.8, 4) is 0 Å². The molecule has 110 valence electrons. The van der Waals surface area contributed by atoms with Gasteiger partial charge < -0.3 is 25.6 Å². The molecule has 0 aliphatic heterocycles. The Bertz CT molecular complexity index is 464. The van der Waals surface area contributed by atoms with Gasteiger partial charge in [-0.15, -0.1) is 0 Å². The fraction of sp³-hybridized carbons (Fsp3) is 0.385. The lowest BCUT2D eigenvalue weighted by Gasteiger charge is -2.14. The lowest BCUT2D eigenvalue weighted by Crippen LogP contribution is -2.45. The van der Waals surface area contributed by atoms with Crippen LogP contribution in [0.1, 0.15) is 5.56 Å². The molecule has 1 rings (SSSR count). The topological polar surface area (TPSA) is 108 Å². The average Bonchev–Trinajstić information content (AvgIpc) is 2.43. The average molecular weight is 282 g/mol. The summed E-state index contributed by atoms with van der Waals surface area (Å²) in [6.07, 6.45) is 0.620. The normalized spacial score (nSPS) is 11.7. The Hall–Kier alpha value is -2.12. The Balaban J connectivity index is 2.67. The number of hydrogen-bond acceptors (Lipinski definition) is 4. The molecule has 0 fully saturated rings. The first-order chi connectivity index (χ1) is 9.58. The van der Waals surface area contributed by atoms with Crippen molar-refractivity contribution in [3.05, 3.63) is 29.8 Å². The van der Waals surface area contributed by atoms with E-state index < -0.39 is 24.6 Å². The molecule has 0 spiro atoms. The maximum Gasteiger partial charge on any atom is 0.328 e. The number of methoxy groups -OCH3 is 1. The van der Waals surface area contributed by atoms with Crippen molar-refractivity contribution in [2.45, 2.75) is 12.5 Å². The summed E-state index contributed by atoms with van der Waals surface area (Å²) in [4.78, 5) is 22.4. The number of urea groups is 1. The van der Waals surface area contributed by atoms with Crippen molar-refractivity contribution < 1.29 is 24.5 Å². The first-order valence-electron chi connectivity index (χ1n) is 6.06. The molecule has 7 heteroatoms. The van der Waals surface area contributed by atoms with Crippen LogP contribution < -0.4 is 10.6 Å². The van der Waals surface area contributed by atoms with Crippen LogP contribution >= 0.6 is 0 Å². The summed E-state index contributed by atoms with van der Waals surface area (Å²) in [5.74, 6) is -1.30. The molecule has 0 saturated heterocycles. The van der Waals surface area contributed by atoms with Crippen molar-refractivity contribution in [2.24, 2.45) is 0 Å². The zero-order valence-corrected chi connectivity index (χ0v) is 11.1. The van der Waals surface area contributed by atoms with Gasteiger partial charge in [-0.3, -0.25) is 0 Å². The van der Waals surface area contributed by atoms with Crippen molar-refractivity contribution >= 4 is 17.7 Å². The van der Waals surface area contributed by atoms with Crippen molar-refractivity contribution in [3.63, 3.8) is 0 Å². The fourth-order valence-electron chi connectivity index (χ4n) is 1.57. The van der Waals surface area contributed by atoms with E-state index in [1.807, 2.05) is 12.1 Å². The second-order valence-corrected chi connectivity index (χ2v) is 4.07. The fourth-order valence-corrected chi connectivity index (χ4v) is 1.57. The first kappa shape index (κ1) is 15.9. The number of amides is 2. The minimum atomic E-state index is -1.33. The van der Waals surface area contributed by atoms with E-state index in [9.17, 15) is 9.59 Å². The maximum atomic E-state index is 11.7. The van der Waals surface area contributed by atoms with Gasteiger partial charge in [0, 0.05) is 12.8 Å². The third-order valence-corrected chi connectivity index (χ3v) is 2.63. The van der Waals surface area contributed by atoms with Gasteiger partial charge in [0.15, 0.2) is 6.04 Å². The smallest absolute Gasteiger partial charge is 0.328 e. The highest BCUT2D eigenvalue weighted by Gasteiger charge is 2.18. The van der Waals surface area contributed by atoms with Gasteiger partial charge in [0.2, 0.25) is 0 Å². The molecule has 0 aliphatic carbocycles. The number of hydrogen-bond donors (Lipinski definition) is 4. The molecule has 0 heterocycles. The number of anilines is 1. The van der Waals surface area contributed by atoms with E-state index in [0.29, 0.717) is 18.7 Å². The highest BCUT2D eigenvalue weighted by Crippen LogP contribution is 2.15. The summed E-state index contributed by atoms with van der Waals surface area (Å²) in [5, 5.41) is 22.3. The SMILES string of the molecule is COCCc1ccccc1NC(=O)N[C@@H](CO)C(=O)O. The second-order valence-electron chi connectivity index (χ2n) is 4.07. The summed E-state index contributed by atoms with van der Waals surface area (Å²) in [6, 6.07) is 5.13. The molecule has 7 nitrogen and oxygen atoms in total. The standard InChI is InChI=1S/C13H18N2O5/c1-20-7-6-9-4-2-3-5-10(9)14-13(19)15-11(8-16)12(17)18/h2-5,11,16H,6-8H2,1H3,(H,17,18)(H2,14,15,19)/t11-/m0/s1. The molecular weight excluding hydrogens is 264 g/mol. The van der Waals surface area contributed by atoms with Crippen molar-refractivity contribution in [2.75, 3.05) is 25.6 Å². The lowest BCUT2D eigenvalue weighted by atomic mass is 10.1. The summed E-state index contributed by atoms with van der Waals surface area (Å²) in [5.41, 5.74) is 1.45. The van der Waals surface area contributed by atoms with E-state index in [-0.39, 0.29) is 0 Å². The Morgan fingerprint density at radius 2 is 2.05 bits per heavy atom. The monoisotopic (exact) mass is 282 g/mol. The molecule has 20 heavy (non-hydrogen) atoms. The molecule has 0 bridgehead atoms. The molecule has 0 aliphatic rings. The summed E-state index contributed by atoms with van der Waals surface area (Å²) >= 11 is 0. The van der Waals surface area contributed by atoms with Crippen LogP contribution in [-0.2, 0) is 16.0 Å². The van der Waals surface area contributed by atoms with Gasteiger partial charge in [-0.05, 0) is 18.1 Å². The molecule has 1 aromatic carbocycles. The maximum absolute atomic E-state index is 11.7.